The molecule has 3 aromatic carbocycles. The van der Waals surface area contributed by atoms with Crippen LogP contribution in [-0.2, 0) is 20.7 Å². The van der Waals surface area contributed by atoms with Gasteiger partial charge in [-0.3, -0.25) is 9.59 Å². The topological polar surface area (TPSA) is 110 Å². The quantitative estimate of drug-likeness (QED) is 0.391. The number of anilines is 1. The molecule has 1 heterocycles. The van der Waals surface area contributed by atoms with E-state index in [0.717, 1.165) is 17.3 Å². The van der Waals surface area contributed by atoms with E-state index in [2.05, 4.69) is 19.4 Å². The third-order valence-corrected chi connectivity index (χ3v) is 5.36. The zero-order valence-corrected chi connectivity index (χ0v) is 18.2. The Morgan fingerprint density at radius 1 is 0.879 bits per heavy atom. The molecule has 4 rings (SSSR count). The Morgan fingerprint density at radius 3 is 2.36 bits per heavy atom. The molecule has 0 radical (unpaired) electrons. The summed E-state index contributed by atoms with van der Waals surface area (Å²) in [5.41, 5.74) is 2.99. The number of carbonyl (C=O) groups excluding carboxylic acids is 3. The molecule has 1 atom stereocenters. The number of esters is 1. The van der Waals surface area contributed by atoms with Crippen molar-refractivity contribution in [1.29, 1.82) is 0 Å². The molecule has 2 amide bonds. The number of fused-ring (bicyclic) bond motifs is 1. The maximum atomic E-state index is 12.8. The Hall–Kier alpha value is -4.11. The fraction of sp³-hybridized carbons (Fsp3) is 0.125. The van der Waals surface area contributed by atoms with E-state index < -0.39 is 30.4 Å². The van der Waals surface area contributed by atoms with Crippen LogP contribution >= 0.6 is 11.7 Å². The lowest BCUT2D eigenvalue weighted by atomic mass is 10.1. The minimum atomic E-state index is -0.959. The first kappa shape index (κ1) is 22.1. The average molecular weight is 461 g/mol. The van der Waals surface area contributed by atoms with Crippen molar-refractivity contribution >= 4 is 46.2 Å². The molecule has 0 spiro atoms. The lowest BCUT2D eigenvalue weighted by Gasteiger charge is -2.18. The molecule has 1 unspecified atom stereocenters. The van der Waals surface area contributed by atoms with E-state index in [1.54, 1.807) is 48.5 Å². The van der Waals surface area contributed by atoms with Gasteiger partial charge in [0.2, 0.25) is 0 Å². The van der Waals surface area contributed by atoms with Crippen LogP contribution < -0.4 is 10.6 Å². The van der Waals surface area contributed by atoms with Crippen LogP contribution in [0.2, 0.25) is 0 Å². The zero-order valence-electron chi connectivity index (χ0n) is 17.4. The van der Waals surface area contributed by atoms with Gasteiger partial charge in [0.25, 0.3) is 11.8 Å². The van der Waals surface area contributed by atoms with Gasteiger partial charge in [-0.2, -0.15) is 8.75 Å². The summed E-state index contributed by atoms with van der Waals surface area (Å²) in [6, 6.07) is 22.1. The molecule has 0 saturated carbocycles. The summed E-state index contributed by atoms with van der Waals surface area (Å²) in [4.78, 5) is 37.8. The fourth-order valence-electron chi connectivity index (χ4n) is 3.20. The Bertz CT molecular complexity index is 1260. The predicted octanol–water partition coefficient (Wildman–Crippen LogP) is 3.21. The number of ether oxygens (including phenoxy) is 1. The van der Waals surface area contributed by atoms with Crippen LogP contribution in [0, 0.1) is 0 Å². The van der Waals surface area contributed by atoms with Gasteiger partial charge < -0.3 is 15.4 Å². The van der Waals surface area contributed by atoms with Gasteiger partial charge in [0.1, 0.15) is 17.1 Å². The van der Waals surface area contributed by atoms with Crippen molar-refractivity contribution < 1.29 is 19.1 Å². The maximum absolute atomic E-state index is 12.8. The molecule has 0 bridgehead atoms. The van der Waals surface area contributed by atoms with Gasteiger partial charge in [0.15, 0.2) is 6.61 Å². The van der Waals surface area contributed by atoms with Crippen molar-refractivity contribution in [2.75, 3.05) is 11.9 Å². The Kier molecular flexibility index (Phi) is 7.01. The number of hydrogen-bond acceptors (Lipinski definition) is 7. The highest BCUT2D eigenvalue weighted by molar-refractivity contribution is 7.00. The molecule has 0 saturated heterocycles. The standard InChI is InChI=1S/C24H20N4O4S/c29-21(25-18-12-7-13-19-22(18)28-33-27-19)15-32-24(31)20(14-16-8-3-1-4-9-16)26-23(30)17-10-5-2-6-11-17/h1-13,20H,14-15H2,(H,25,29)(H,26,30). The summed E-state index contributed by atoms with van der Waals surface area (Å²) in [5.74, 6) is -1.62. The van der Waals surface area contributed by atoms with Gasteiger partial charge >= 0.3 is 5.97 Å². The van der Waals surface area contributed by atoms with E-state index in [1.807, 2.05) is 30.3 Å². The van der Waals surface area contributed by atoms with Crippen molar-refractivity contribution in [3.63, 3.8) is 0 Å². The molecule has 0 fully saturated rings. The number of nitrogens with one attached hydrogen (secondary N) is 2. The van der Waals surface area contributed by atoms with E-state index in [1.165, 1.54) is 0 Å². The Labute approximate surface area is 193 Å². The molecular formula is C24H20N4O4S. The number of hydrogen-bond donors (Lipinski definition) is 2. The molecule has 1 aromatic heterocycles. The van der Waals surface area contributed by atoms with Crippen LogP contribution in [0.15, 0.2) is 78.9 Å². The van der Waals surface area contributed by atoms with Crippen LogP contribution in [0.4, 0.5) is 5.69 Å². The highest BCUT2D eigenvalue weighted by atomic mass is 32.1. The van der Waals surface area contributed by atoms with Crippen LogP contribution in [-0.4, -0.2) is 39.2 Å². The molecule has 8 nitrogen and oxygen atoms in total. The summed E-state index contributed by atoms with van der Waals surface area (Å²) < 4.78 is 13.5. The van der Waals surface area contributed by atoms with Crippen LogP contribution in [0.3, 0.4) is 0 Å². The molecule has 33 heavy (non-hydrogen) atoms. The maximum Gasteiger partial charge on any atom is 0.329 e. The number of benzene rings is 3. The number of carbonyl (C=O) groups is 3. The third-order valence-electron chi connectivity index (χ3n) is 4.81. The first-order chi connectivity index (χ1) is 16.1. The third kappa shape index (κ3) is 5.78. The van der Waals surface area contributed by atoms with Gasteiger partial charge in [-0.05, 0) is 29.8 Å². The second-order valence-electron chi connectivity index (χ2n) is 7.18. The SMILES string of the molecule is O=C(COC(=O)C(Cc1ccccc1)NC(=O)c1ccccc1)Nc1cccc2nsnc12. The molecule has 166 valence electrons. The molecule has 0 aliphatic carbocycles. The summed E-state index contributed by atoms with van der Waals surface area (Å²) in [6.45, 7) is -0.501. The molecule has 0 aliphatic rings. The van der Waals surface area contributed by atoms with E-state index in [-0.39, 0.29) is 6.42 Å². The van der Waals surface area contributed by atoms with Gasteiger partial charge in [-0.15, -0.1) is 0 Å². The first-order valence-corrected chi connectivity index (χ1v) is 10.9. The van der Waals surface area contributed by atoms with E-state index >= 15 is 0 Å². The molecule has 9 heteroatoms. The summed E-state index contributed by atoms with van der Waals surface area (Å²) in [5, 5.41) is 5.40. The van der Waals surface area contributed by atoms with Crippen LogP contribution in [0.25, 0.3) is 11.0 Å². The summed E-state index contributed by atoms with van der Waals surface area (Å²) in [7, 11) is 0. The summed E-state index contributed by atoms with van der Waals surface area (Å²) >= 11 is 1.04. The minimum absolute atomic E-state index is 0.226. The monoisotopic (exact) mass is 460 g/mol. The molecular weight excluding hydrogens is 440 g/mol. The van der Waals surface area contributed by atoms with Crippen molar-refractivity contribution in [2.24, 2.45) is 0 Å². The molecule has 2 N–H and O–H groups in total. The van der Waals surface area contributed by atoms with Gasteiger partial charge in [-0.25, -0.2) is 4.79 Å². The highest BCUT2D eigenvalue weighted by Crippen LogP contribution is 2.21. The number of nitrogens with zero attached hydrogens (tertiary/aromatic N) is 2. The van der Waals surface area contributed by atoms with Gasteiger partial charge in [0, 0.05) is 12.0 Å². The fourth-order valence-corrected chi connectivity index (χ4v) is 3.75. The summed E-state index contributed by atoms with van der Waals surface area (Å²) in [6.07, 6.45) is 0.226. The zero-order chi connectivity index (χ0) is 23.0. The van der Waals surface area contributed by atoms with Crippen molar-refractivity contribution in [1.82, 2.24) is 14.1 Å². The second-order valence-corrected chi connectivity index (χ2v) is 7.70. The van der Waals surface area contributed by atoms with Crippen molar-refractivity contribution in [2.45, 2.75) is 12.5 Å². The highest BCUT2D eigenvalue weighted by Gasteiger charge is 2.24. The smallest absolute Gasteiger partial charge is 0.329 e. The Balaban J connectivity index is 1.41. The van der Waals surface area contributed by atoms with Gasteiger partial charge in [-0.1, -0.05) is 54.6 Å². The average Bonchev–Trinajstić information content (AvgIpc) is 3.33. The van der Waals surface area contributed by atoms with Crippen molar-refractivity contribution in [3.05, 3.63) is 90.0 Å². The van der Waals surface area contributed by atoms with E-state index in [0.29, 0.717) is 22.3 Å². The van der Waals surface area contributed by atoms with Crippen LogP contribution in [0.1, 0.15) is 15.9 Å². The number of rotatable bonds is 8. The number of aromatic nitrogens is 2. The Morgan fingerprint density at radius 2 is 1.61 bits per heavy atom. The van der Waals surface area contributed by atoms with E-state index in [4.69, 9.17) is 4.74 Å². The normalized spacial score (nSPS) is 11.5. The minimum Gasteiger partial charge on any atom is -0.454 e. The first-order valence-electron chi connectivity index (χ1n) is 10.2. The van der Waals surface area contributed by atoms with E-state index in [9.17, 15) is 14.4 Å². The lowest BCUT2D eigenvalue weighted by molar-refractivity contribution is -0.149. The van der Waals surface area contributed by atoms with Crippen molar-refractivity contribution in [3.8, 4) is 0 Å². The predicted molar refractivity (Wildman–Crippen MR) is 125 cm³/mol. The molecule has 4 aromatic rings. The largest absolute Gasteiger partial charge is 0.454 e. The molecule has 0 aliphatic heterocycles. The van der Waals surface area contributed by atoms with Gasteiger partial charge in [0.05, 0.1) is 17.4 Å². The second kappa shape index (κ2) is 10.5. The number of amides is 2. The lowest BCUT2D eigenvalue weighted by Crippen LogP contribution is -2.44. The van der Waals surface area contributed by atoms with Crippen LogP contribution in [0.5, 0.6) is 0 Å².